The minimum atomic E-state index is -3.64. The lowest BCUT2D eigenvalue weighted by Gasteiger charge is -2.14. The number of nitrogens with zero attached hydrogens (tertiary/aromatic N) is 3. The molecule has 8 heteroatoms. The number of hydrogen-bond donors (Lipinski definition) is 1. The SMILES string of the molecule is Cn1cc([C@@H]2CN(S(=O)(=O)c3ccco3)C[C@H]2CO)cn1. The molecule has 3 rings (SSSR count). The molecule has 0 unspecified atom stereocenters. The van der Waals surface area contributed by atoms with Gasteiger partial charge in [-0.15, -0.1) is 0 Å². The van der Waals surface area contributed by atoms with Gasteiger partial charge in [0.15, 0.2) is 0 Å². The average Bonchev–Trinajstić information content (AvgIpc) is 3.18. The van der Waals surface area contributed by atoms with Crippen LogP contribution in [0.3, 0.4) is 0 Å². The number of aliphatic hydroxyl groups excluding tert-OH is 1. The van der Waals surface area contributed by atoms with Crippen LogP contribution < -0.4 is 0 Å². The number of aryl methyl sites for hydroxylation is 1. The molecule has 0 spiro atoms. The molecule has 0 saturated carbocycles. The zero-order valence-electron chi connectivity index (χ0n) is 11.6. The quantitative estimate of drug-likeness (QED) is 0.883. The van der Waals surface area contributed by atoms with Crippen molar-refractivity contribution in [2.75, 3.05) is 19.7 Å². The van der Waals surface area contributed by atoms with Crippen LogP contribution in [-0.2, 0) is 17.1 Å². The van der Waals surface area contributed by atoms with E-state index >= 15 is 0 Å². The van der Waals surface area contributed by atoms with E-state index in [4.69, 9.17) is 4.42 Å². The van der Waals surface area contributed by atoms with Crippen LogP contribution in [0, 0.1) is 5.92 Å². The molecule has 7 nitrogen and oxygen atoms in total. The molecule has 21 heavy (non-hydrogen) atoms. The minimum Gasteiger partial charge on any atom is -0.452 e. The van der Waals surface area contributed by atoms with Gasteiger partial charge in [0.2, 0.25) is 5.09 Å². The van der Waals surface area contributed by atoms with Crippen molar-refractivity contribution in [2.45, 2.75) is 11.0 Å². The molecule has 1 saturated heterocycles. The molecule has 0 aromatic carbocycles. The van der Waals surface area contributed by atoms with Gasteiger partial charge in [-0.3, -0.25) is 4.68 Å². The molecule has 1 N–H and O–H groups in total. The molecule has 2 aromatic heterocycles. The molecule has 0 radical (unpaired) electrons. The number of sulfonamides is 1. The topological polar surface area (TPSA) is 88.6 Å². The minimum absolute atomic E-state index is 0.0616. The summed E-state index contributed by atoms with van der Waals surface area (Å²) in [5, 5.41) is 13.6. The van der Waals surface area contributed by atoms with Gasteiger partial charge in [0.25, 0.3) is 10.0 Å². The predicted octanol–water partition coefficient (Wildman–Crippen LogP) is 0.410. The Hall–Kier alpha value is -1.64. The van der Waals surface area contributed by atoms with Crippen molar-refractivity contribution < 1.29 is 17.9 Å². The van der Waals surface area contributed by atoms with Crippen LogP contribution in [0.5, 0.6) is 0 Å². The van der Waals surface area contributed by atoms with Gasteiger partial charge in [-0.25, -0.2) is 8.42 Å². The Morgan fingerprint density at radius 3 is 2.86 bits per heavy atom. The highest BCUT2D eigenvalue weighted by Crippen LogP contribution is 2.35. The van der Waals surface area contributed by atoms with Crippen molar-refractivity contribution >= 4 is 10.0 Å². The highest BCUT2D eigenvalue weighted by molar-refractivity contribution is 7.89. The standard InChI is InChI=1S/C13H17N3O4S/c1-15-6-10(5-14-15)12-8-16(7-11(12)9-17)21(18,19)13-3-2-4-20-13/h2-6,11-12,17H,7-9H2,1H3/t11-,12-/m0/s1. The first kappa shape index (κ1) is 14.3. The van der Waals surface area contributed by atoms with E-state index < -0.39 is 10.0 Å². The Morgan fingerprint density at radius 1 is 1.48 bits per heavy atom. The Labute approximate surface area is 122 Å². The van der Waals surface area contributed by atoms with Gasteiger partial charge >= 0.3 is 0 Å². The molecular formula is C13H17N3O4S. The Morgan fingerprint density at radius 2 is 2.29 bits per heavy atom. The highest BCUT2D eigenvalue weighted by atomic mass is 32.2. The molecule has 2 aromatic rings. The van der Waals surface area contributed by atoms with Crippen molar-refractivity contribution in [2.24, 2.45) is 13.0 Å². The third-order valence-corrected chi connectivity index (χ3v) is 5.60. The lowest BCUT2D eigenvalue weighted by Crippen LogP contribution is -2.29. The fourth-order valence-electron chi connectivity index (χ4n) is 2.76. The third-order valence-electron chi connectivity index (χ3n) is 3.88. The summed E-state index contributed by atoms with van der Waals surface area (Å²) in [4.78, 5) is 0. The summed E-state index contributed by atoms with van der Waals surface area (Å²) >= 11 is 0. The third kappa shape index (κ3) is 2.50. The summed E-state index contributed by atoms with van der Waals surface area (Å²) in [5.74, 6) is -0.202. The molecule has 0 amide bonds. The molecule has 2 atom stereocenters. The molecule has 114 valence electrons. The number of furan rings is 1. The number of aromatic nitrogens is 2. The van der Waals surface area contributed by atoms with Gasteiger partial charge in [-0.2, -0.15) is 9.40 Å². The smallest absolute Gasteiger partial charge is 0.276 e. The zero-order chi connectivity index (χ0) is 15.0. The van der Waals surface area contributed by atoms with Gasteiger partial charge in [0.05, 0.1) is 12.5 Å². The van der Waals surface area contributed by atoms with Crippen LogP contribution in [0.15, 0.2) is 40.3 Å². The molecule has 0 bridgehead atoms. The van der Waals surface area contributed by atoms with E-state index in [1.54, 1.807) is 16.9 Å². The van der Waals surface area contributed by atoms with Crippen LogP contribution >= 0.6 is 0 Å². The maximum absolute atomic E-state index is 12.5. The summed E-state index contributed by atoms with van der Waals surface area (Å²) in [6.45, 7) is 0.531. The second kappa shape index (κ2) is 5.28. The Kier molecular flexibility index (Phi) is 3.60. The van der Waals surface area contributed by atoms with Gasteiger partial charge in [0, 0.05) is 44.8 Å². The zero-order valence-corrected chi connectivity index (χ0v) is 12.4. The second-order valence-electron chi connectivity index (χ2n) is 5.25. The first-order chi connectivity index (χ1) is 10.0. The van der Waals surface area contributed by atoms with E-state index in [0.717, 1.165) is 5.56 Å². The largest absolute Gasteiger partial charge is 0.452 e. The van der Waals surface area contributed by atoms with Crippen LogP contribution in [0.4, 0.5) is 0 Å². The van der Waals surface area contributed by atoms with Crippen molar-refractivity contribution in [3.05, 3.63) is 36.4 Å². The van der Waals surface area contributed by atoms with Crippen molar-refractivity contribution in [1.82, 2.24) is 14.1 Å². The summed E-state index contributed by atoms with van der Waals surface area (Å²) in [5.41, 5.74) is 0.939. The highest BCUT2D eigenvalue weighted by Gasteiger charge is 2.41. The summed E-state index contributed by atoms with van der Waals surface area (Å²) in [6, 6.07) is 2.98. The maximum atomic E-state index is 12.5. The van der Waals surface area contributed by atoms with E-state index in [-0.39, 0.29) is 30.1 Å². The van der Waals surface area contributed by atoms with Crippen LogP contribution in [0.1, 0.15) is 11.5 Å². The summed E-state index contributed by atoms with van der Waals surface area (Å²) in [7, 11) is -1.83. The summed E-state index contributed by atoms with van der Waals surface area (Å²) in [6.07, 6.45) is 4.91. The molecule has 3 heterocycles. The maximum Gasteiger partial charge on any atom is 0.276 e. The first-order valence-electron chi connectivity index (χ1n) is 6.65. The lowest BCUT2D eigenvalue weighted by atomic mass is 9.92. The van der Waals surface area contributed by atoms with Crippen LogP contribution in [0.2, 0.25) is 0 Å². The fourth-order valence-corrected chi connectivity index (χ4v) is 4.19. The monoisotopic (exact) mass is 311 g/mol. The molecule has 0 aliphatic carbocycles. The number of aliphatic hydroxyl groups is 1. The van der Waals surface area contributed by atoms with E-state index in [2.05, 4.69) is 5.10 Å². The van der Waals surface area contributed by atoms with E-state index in [1.807, 2.05) is 13.2 Å². The summed E-state index contributed by atoms with van der Waals surface area (Å²) < 4.78 is 33.0. The fraction of sp³-hybridized carbons (Fsp3) is 0.462. The molecule has 1 fully saturated rings. The number of rotatable bonds is 4. The van der Waals surface area contributed by atoms with Crippen molar-refractivity contribution in [3.8, 4) is 0 Å². The average molecular weight is 311 g/mol. The van der Waals surface area contributed by atoms with Crippen LogP contribution in [0.25, 0.3) is 0 Å². The number of hydrogen-bond acceptors (Lipinski definition) is 5. The van der Waals surface area contributed by atoms with Gasteiger partial charge in [-0.1, -0.05) is 0 Å². The Bertz CT molecular complexity index is 708. The van der Waals surface area contributed by atoms with E-state index in [0.29, 0.717) is 6.54 Å². The van der Waals surface area contributed by atoms with Crippen molar-refractivity contribution in [3.63, 3.8) is 0 Å². The van der Waals surface area contributed by atoms with Crippen molar-refractivity contribution in [1.29, 1.82) is 0 Å². The van der Waals surface area contributed by atoms with E-state index in [1.165, 1.54) is 16.6 Å². The molecular weight excluding hydrogens is 294 g/mol. The van der Waals surface area contributed by atoms with Gasteiger partial charge in [-0.05, 0) is 17.7 Å². The first-order valence-corrected chi connectivity index (χ1v) is 8.09. The van der Waals surface area contributed by atoms with Gasteiger partial charge < -0.3 is 9.52 Å². The van der Waals surface area contributed by atoms with E-state index in [9.17, 15) is 13.5 Å². The van der Waals surface area contributed by atoms with Crippen LogP contribution in [-0.4, -0.2) is 47.3 Å². The molecule has 1 aliphatic rings. The molecule has 1 aliphatic heterocycles. The Balaban J connectivity index is 1.88. The predicted molar refractivity (Wildman–Crippen MR) is 74.0 cm³/mol. The van der Waals surface area contributed by atoms with Gasteiger partial charge in [0.1, 0.15) is 0 Å². The second-order valence-corrected chi connectivity index (χ2v) is 7.12. The normalized spacial score (nSPS) is 23.7. The lowest BCUT2D eigenvalue weighted by molar-refractivity contribution is 0.223.